The smallest absolute Gasteiger partial charge is 0.248 e. The molecule has 1 saturated heterocycles. The largest absolute Gasteiger partial charge is 0.355 e. The number of nitriles is 1. The van der Waals surface area contributed by atoms with Gasteiger partial charge in [-0.2, -0.15) is 9.57 Å². The summed E-state index contributed by atoms with van der Waals surface area (Å²) in [5.41, 5.74) is 4.46. The van der Waals surface area contributed by atoms with Gasteiger partial charge in [0.1, 0.15) is 5.69 Å². The van der Waals surface area contributed by atoms with Crippen molar-refractivity contribution in [1.82, 2.24) is 9.46 Å². The molecule has 3 aromatic rings. The summed E-state index contributed by atoms with van der Waals surface area (Å²) in [6.45, 7) is 5.96. The average Bonchev–Trinajstić information content (AvgIpc) is 3.26. The number of aromatic nitrogens is 1. The molecule has 0 spiro atoms. The molecule has 36 heavy (non-hydrogen) atoms. The fraction of sp³-hybridized carbons (Fsp3) is 0.296. The normalized spacial score (nSPS) is 16.7. The highest BCUT2D eigenvalue weighted by Gasteiger charge is 2.37. The summed E-state index contributed by atoms with van der Waals surface area (Å²) in [6.07, 6.45) is 4.60. The molecule has 2 heterocycles. The SMILES string of the molecule is Cc1ccc(C)c(/C=C/c2onc(C)c2S(=O)(=O)N2CCC[C@H](C(=O)Nc3ccc(C#N)cc3)C2)c1. The molecule has 0 saturated carbocycles. The Morgan fingerprint density at radius 3 is 2.64 bits per heavy atom. The topological polar surface area (TPSA) is 116 Å². The molecule has 4 rings (SSSR count). The second-order valence-electron chi connectivity index (χ2n) is 9.04. The van der Waals surface area contributed by atoms with Gasteiger partial charge in [0, 0.05) is 18.8 Å². The highest BCUT2D eigenvalue weighted by atomic mass is 32.2. The number of carbonyl (C=O) groups excluding carboxylic acids is 1. The van der Waals surface area contributed by atoms with E-state index in [4.69, 9.17) is 9.78 Å². The number of rotatable bonds is 6. The van der Waals surface area contributed by atoms with Crippen LogP contribution in [-0.2, 0) is 14.8 Å². The lowest BCUT2D eigenvalue weighted by Crippen LogP contribution is -2.43. The number of hydrogen-bond donors (Lipinski definition) is 1. The van der Waals surface area contributed by atoms with Crippen LogP contribution in [0.1, 0.15) is 46.5 Å². The summed E-state index contributed by atoms with van der Waals surface area (Å²) in [4.78, 5) is 12.9. The van der Waals surface area contributed by atoms with Gasteiger partial charge in [-0.1, -0.05) is 35.0 Å². The molecule has 1 aliphatic rings. The molecule has 1 aromatic heterocycles. The maximum atomic E-state index is 13.6. The number of benzene rings is 2. The lowest BCUT2D eigenvalue weighted by atomic mass is 9.98. The quantitative estimate of drug-likeness (QED) is 0.521. The minimum atomic E-state index is -3.94. The predicted molar refractivity (Wildman–Crippen MR) is 137 cm³/mol. The number of sulfonamides is 1. The molecule has 1 aliphatic heterocycles. The van der Waals surface area contributed by atoms with Gasteiger partial charge in [0.15, 0.2) is 10.7 Å². The molecule has 0 radical (unpaired) electrons. The van der Waals surface area contributed by atoms with E-state index < -0.39 is 15.9 Å². The van der Waals surface area contributed by atoms with Gasteiger partial charge in [0.2, 0.25) is 15.9 Å². The van der Waals surface area contributed by atoms with Crippen molar-refractivity contribution in [3.63, 3.8) is 0 Å². The molecule has 8 nitrogen and oxygen atoms in total. The van der Waals surface area contributed by atoms with Crippen LogP contribution < -0.4 is 5.32 Å². The molecule has 2 aromatic carbocycles. The van der Waals surface area contributed by atoms with E-state index in [0.29, 0.717) is 30.6 Å². The summed E-state index contributed by atoms with van der Waals surface area (Å²) < 4.78 is 34.0. The van der Waals surface area contributed by atoms with Crippen molar-refractivity contribution in [2.75, 3.05) is 18.4 Å². The van der Waals surface area contributed by atoms with Crippen LogP contribution >= 0.6 is 0 Å². The third-order valence-electron chi connectivity index (χ3n) is 6.32. The monoisotopic (exact) mass is 504 g/mol. The van der Waals surface area contributed by atoms with E-state index >= 15 is 0 Å². The summed E-state index contributed by atoms with van der Waals surface area (Å²) in [5.74, 6) is -0.590. The summed E-state index contributed by atoms with van der Waals surface area (Å²) in [6, 6.07) is 14.6. The van der Waals surface area contributed by atoms with Gasteiger partial charge in [-0.15, -0.1) is 0 Å². The second kappa shape index (κ2) is 10.5. The highest BCUT2D eigenvalue weighted by molar-refractivity contribution is 7.89. The van der Waals surface area contributed by atoms with Gasteiger partial charge in [-0.25, -0.2) is 8.42 Å². The van der Waals surface area contributed by atoms with Crippen molar-refractivity contribution in [3.05, 3.63) is 76.2 Å². The van der Waals surface area contributed by atoms with Crippen LogP contribution in [0.15, 0.2) is 51.9 Å². The third-order valence-corrected chi connectivity index (χ3v) is 8.34. The van der Waals surface area contributed by atoms with E-state index in [-0.39, 0.29) is 28.8 Å². The van der Waals surface area contributed by atoms with Gasteiger partial charge in [0.05, 0.1) is 17.6 Å². The Labute approximate surface area is 211 Å². The van der Waals surface area contributed by atoms with Crippen molar-refractivity contribution in [1.29, 1.82) is 5.26 Å². The third kappa shape index (κ3) is 5.40. The number of piperidine rings is 1. The van der Waals surface area contributed by atoms with E-state index in [0.717, 1.165) is 16.7 Å². The molecule has 0 unspecified atom stereocenters. The van der Waals surface area contributed by atoms with E-state index in [2.05, 4.69) is 10.5 Å². The maximum absolute atomic E-state index is 13.6. The van der Waals surface area contributed by atoms with Crippen molar-refractivity contribution >= 4 is 33.8 Å². The van der Waals surface area contributed by atoms with Crippen molar-refractivity contribution in [3.8, 4) is 6.07 Å². The van der Waals surface area contributed by atoms with Crippen molar-refractivity contribution < 1.29 is 17.7 Å². The van der Waals surface area contributed by atoms with Crippen LogP contribution in [0.25, 0.3) is 12.2 Å². The zero-order chi connectivity index (χ0) is 25.9. The van der Waals surface area contributed by atoms with Crippen LogP contribution in [0, 0.1) is 38.0 Å². The molecular formula is C27H28N4O4S. The van der Waals surface area contributed by atoms with Crippen LogP contribution in [-0.4, -0.2) is 36.9 Å². The first kappa shape index (κ1) is 25.4. The molecule has 0 bridgehead atoms. The van der Waals surface area contributed by atoms with Crippen molar-refractivity contribution in [2.45, 2.75) is 38.5 Å². The zero-order valence-electron chi connectivity index (χ0n) is 20.5. The Morgan fingerprint density at radius 2 is 1.92 bits per heavy atom. The fourth-order valence-corrected chi connectivity index (χ4v) is 6.05. The number of amides is 1. The standard InChI is InChI=1S/C27H28N4O4S/c1-18-6-7-19(2)22(15-18)10-13-25-26(20(3)30-35-25)36(33,34)31-14-4-5-23(17-31)27(32)29-24-11-8-21(16-28)9-12-24/h6-13,15,23H,4-5,14,17H2,1-3H3,(H,29,32)/b13-10+/t23-/m0/s1. The predicted octanol–water partition coefficient (Wildman–Crippen LogP) is 4.68. The lowest BCUT2D eigenvalue weighted by Gasteiger charge is -2.31. The number of carbonyl (C=O) groups is 1. The minimum Gasteiger partial charge on any atom is -0.355 e. The van der Waals surface area contributed by atoms with Gasteiger partial charge >= 0.3 is 0 Å². The summed E-state index contributed by atoms with van der Waals surface area (Å²) in [7, 11) is -3.94. The molecule has 9 heteroatoms. The van der Waals surface area contributed by atoms with Gasteiger partial charge in [-0.05, 0) is 75.1 Å². The number of nitrogens with zero attached hydrogens (tertiary/aromatic N) is 3. The Balaban J connectivity index is 1.53. The summed E-state index contributed by atoms with van der Waals surface area (Å²) in [5, 5.41) is 15.7. The van der Waals surface area contributed by atoms with E-state index in [9.17, 15) is 13.2 Å². The first-order valence-corrected chi connectivity index (χ1v) is 13.2. The van der Waals surface area contributed by atoms with E-state index in [1.54, 1.807) is 37.3 Å². The van der Waals surface area contributed by atoms with Gasteiger partial charge in [0.25, 0.3) is 0 Å². The maximum Gasteiger partial charge on any atom is 0.248 e. The zero-order valence-corrected chi connectivity index (χ0v) is 21.3. The number of hydrogen-bond acceptors (Lipinski definition) is 6. The van der Waals surface area contributed by atoms with E-state index in [1.807, 2.05) is 44.2 Å². The Bertz CT molecular complexity index is 1450. The Hall–Kier alpha value is -3.74. The van der Waals surface area contributed by atoms with Gasteiger partial charge < -0.3 is 9.84 Å². The number of nitrogens with one attached hydrogen (secondary N) is 1. The molecule has 1 N–H and O–H groups in total. The Kier molecular flexibility index (Phi) is 7.38. The first-order valence-electron chi connectivity index (χ1n) is 11.7. The molecule has 0 aliphatic carbocycles. The van der Waals surface area contributed by atoms with Crippen LogP contribution in [0.2, 0.25) is 0 Å². The second-order valence-corrected chi connectivity index (χ2v) is 10.9. The molecule has 1 atom stereocenters. The van der Waals surface area contributed by atoms with Gasteiger partial charge in [-0.3, -0.25) is 4.79 Å². The molecule has 1 amide bonds. The summed E-state index contributed by atoms with van der Waals surface area (Å²) >= 11 is 0. The van der Waals surface area contributed by atoms with Crippen molar-refractivity contribution in [2.24, 2.45) is 5.92 Å². The Morgan fingerprint density at radius 1 is 1.17 bits per heavy atom. The first-order chi connectivity index (χ1) is 17.2. The van der Waals surface area contributed by atoms with E-state index in [1.165, 1.54) is 4.31 Å². The molecule has 186 valence electrons. The van der Waals surface area contributed by atoms with Crippen LogP contribution in [0.3, 0.4) is 0 Å². The van der Waals surface area contributed by atoms with Crippen LogP contribution in [0.4, 0.5) is 5.69 Å². The molecule has 1 fully saturated rings. The number of aryl methyl sites for hydroxylation is 3. The average molecular weight is 505 g/mol. The number of anilines is 1. The molecular weight excluding hydrogens is 476 g/mol. The highest BCUT2D eigenvalue weighted by Crippen LogP contribution is 2.30. The lowest BCUT2D eigenvalue weighted by molar-refractivity contribution is -0.120. The fourth-order valence-electron chi connectivity index (χ4n) is 4.28. The minimum absolute atomic E-state index is 0.0252. The van der Waals surface area contributed by atoms with Crippen LogP contribution in [0.5, 0.6) is 0 Å².